The Bertz CT molecular complexity index is 1350. The maximum absolute atomic E-state index is 13.4. The van der Waals surface area contributed by atoms with Crippen LogP contribution in [0.4, 0.5) is 13.2 Å². The molecular weight excluding hydrogens is 535 g/mol. The van der Waals surface area contributed by atoms with Crippen LogP contribution in [0, 0.1) is 17.3 Å². The van der Waals surface area contributed by atoms with Gasteiger partial charge in [-0.05, 0) is 44.1 Å². The summed E-state index contributed by atoms with van der Waals surface area (Å²) in [6.45, 7) is 0.441. The van der Waals surface area contributed by atoms with Crippen LogP contribution in [0.2, 0.25) is 0 Å². The van der Waals surface area contributed by atoms with E-state index in [0.717, 1.165) is 18.4 Å². The topological polar surface area (TPSA) is 82.8 Å². The minimum atomic E-state index is -4.29. The second-order valence-corrected chi connectivity index (χ2v) is 12.4. The van der Waals surface area contributed by atoms with Gasteiger partial charge in [-0.15, -0.1) is 0 Å². The van der Waals surface area contributed by atoms with Crippen molar-refractivity contribution < 1.29 is 27.9 Å². The molecule has 2 aromatic rings. The SMILES string of the molecule is CN(C)C(=O)c1cn(CC2(O)CCN(C(=O)C3CCC(C(F)(F)F)C3)CC23CCCC3)c(=O)cc1-c1ccccc1. The van der Waals surface area contributed by atoms with Gasteiger partial charge >= 0.3 is 6.18 Å². The largest absolute Gasteiger partial charge is 0.391 e. The Balaban J connectivity index is 1.42. The van der Waals surface area contributed by atoms with Crippen molar-refractivity contribution in [1.29, 1.82) is 0 Å². The summed E-state index contributed by atoms with van der Waals surface area (Å²) in [5.74, 6) is -2.62. The van der Waals surface area contributed by atoms with Crippen LogP contribution in [0.25, 0.3) is 11.1 Å². The Morgan fingerprint density at radius 2 is 1.76 bits per heavy atom. The van der Waals surface area contributed by atoms with Crippen LogP contribution in [0.1, 0.15) is 61.7 Å². The molecule has 1 aromatic heterocycles. The molecule has 3 fully saturated rings. The molecule has 2 heterocycles. The summed E-state index contributed by atoms with van der Waals surface area (Å²) in [6.07, 6.45) is 0.487. The molecule has 7 nitrogen and oxygen atoms in total. The molecule has 3 unspecified atom stereocenters. The van der Waals surface area contributed by atoms with E-state index in [2.05, 4.69) is 0 Å². The highest BCUT2D eigenvalue weighted by atomic mass is 19.4. The van der Waals surface area contributed by atoms with Crippen molar-refractivity contribution in [2.75, 3.05) is 27.2 Å². The number of likely N-dealkylation sites (tertiary alicyclic amines) is 1. The Hall–Kier alpha value is -3.14. The smallest absolute Gasteiger partial charge is 0.387 e. The fraction of sp³-hybridized carbons (Fsp3) is 0.581. The third-order valence-electron chi connectivity index (χ3n) is 9.67. The average molecular weight is 574 g/mol. The zero-order chi connectivity index (χ0) is 29.6. The lowest BCUT2D eigenvalue weighted by Crippen LogP contribution is -2.62. The molecule has 1 N–H and O–H groups in total. The first-order valence-corrected chi connectivity index (χ1v) is 14.4. The maximum Gasteiger partial charge on any atom is 0.391 e. The predicted octanol–water partition coefficient (Wildman–Crippen LogP) is 4.72. The normalized spacial score (nSPS) is 26.0. The van der Waals surface area contributed by atoms with Gasteiger partial charge < -0.3 is 19.5 Å². The minimum absolute atomic E-state index is 0.0290. The molecule has 41 heavy (non-hydrogen) atoms. The van der Waals surface area contributed by atoms with Crippen molar-refractivity contribution in [1.82, 2.24) is 14.4 Å². The number of carbonyl (C=O) groups excluding carboxylic acids is 2. The van der Waals surface area contributed by atoms with Gasteiger partial charge in [-0.3, -0.25) is 14.4 Å². The number of aromatic nitrogens is 1. The number of pyridine rings is 1. The first kappa shape index (κ1) is 29.4. The van der Waals surface area contributed by atoms with Gasteiger partial charge in [0.2, 0.25) is 5.91 Å². The van der Waals surface area contributed by atoms with Crippen molar-refractivity contribution in [2.45, 2.75) is 69.7 Å². The van der Waals surface area contributed by atoms with E-state index in [4.69, 9.17) is 0 Å². The standard InChI is InChI=1S/C31H38F3N3O4/c1-35(2)28(40)25-18-37(26(38)17-24(25)21-8-4-3-5-9-21)20-30(41)14-15-36(19-29(30)12-6-7-13-29)27(39)22-10-11-23(16-22)31(32,33)34/h3-5,8-9,17-18,22-23,41H,6-7,10-16,19-20H2,1-2H3. The molecule has 2 amide bonds. The van der Waals surface area contributed by atoms with Gasteiger partial charge in [-0.1, -0.05) is 43.2 Å². The summed E-state index contributed by atoms with van der Waals surface area (Å²) in [6, 6.07) is 10.6. The number of carbonyl (C=O) groups is 2. The van der Waals surface area contributed by atoms with Crippen LogP contribution >= 0.6 is 0 Å². The Morgan fingerprint density at radius 3 is 2.37 bits per heavy atom. The fourth-order valence-corrected chi connectivity index (χ4v) is 7.29. The van der Waals surface area contributed by atoms with Gasteiger partial charge in [0, 0.05) is 56.3 Å². The molecule has 10 heteroatoms. The predicted molar refractivity (Wildman–Crippen MR) is 148 cm³/mol. The van der Waals surface area contributed by atoms with E-state index >= 15 is 0 Å². The molecule has 5 rings (SSSR count). The monoisotopic (exact) mass is 573 g/mol. The molecular formula is C31H38F3N3O4. The highest BCUT2D eigenvalue weighted by molar-refractivity contribution is 6.00. The third kappa shape index (κ3) is 5.55. The number of aliphatic hydroxyl groups is 1. The van der Waals surface area contributed by atoms with Crippen LogP contribution in [0.3, 0.4) is 0 Å². The van der Waals surface area contributed by atoms with Crippen LogP contribution in [-0.4, -0.2) is 70.3 Å². The van der Waals surface area contributed by atoms with E-state index in [1.165, 1.54) is 21.7 Å². The first-order valence-electron chi connectivity index (χ1n) is 14.4. The molecule has 1 aromatic carbocycles. The van der Waals surface area contributed by atoms with Crippen molar-refractivity contribution in [2.24, 2.45) is 17.3 Å². The second kappa shape index (κ2) is 10.9. The van der Waals surface area contributed by atoms with E-state index in [-0.39, 0.29) is 62.7 Å². The molecule has 0 bridgehead atoms. The molecule has 222 valence electrons. The van der Waals surface area contributed by atoms with E-state index in [1.807, 2.05) is 30.3 Å². The average Bonchev–Trinajstić information content (AvgIpc) is 3.62. The van der Waals surface area contributed by atoms with Gasteiger partial charge in [0.25, 0.3) is 11.5 Å². The summed E-state index contributed by atoms with van der Waals surface area (Å²) in [5.41, 5.74) is -0.740. The number of hydrogen-bond acceptors (Lipinski definition) is 4. The van der Waals surface area contributed by atoms with Gasteiger partial charge in [0.1, 0.15) is 0 Å². The summed E-state index contributed by atoms with van der Waals surface area (Å²) in [5, 5.41) is 12.2. The van der Waals surface area contributed by atoms with E-state index in [9.17, 15) is 32.7 Å². The van der Waals surface area contributed by atoms with Gasteiger partial charge in [0.15, 0.2) is 0 Å². The van der Waals surface area contributed by atoms with Gasteiger partial charge in [0.05, 0.1) is 23.6 Å². The van der Waals surface area contributed by atoms with Crippen molar-refractivity contribution >= 4 is 11.8 Å². The lowest BCUT2D eigenvalue weighted by Gasteiger charge is -2.52. The lowest BCUT2D eigenvalue weighted by atomic mass is 9.65. The Kier molecular flexibility index (Phi) is 7.82. The minimum Gasteiger partial charge on any atom is -0.387 e. The van der Waals surface area contributed by atoms with Crippen LogP contribution in [-0.2, 0) is 11.3 Å². The lowest BCUT2D eigenvalue weighted by molar-refractivity contribution is -0.174. The van der Waals surface area contributed by atoms with E-state index < -0.39 is 29.0 Å². The van der Waals surface area contributed by atoms with Crippen molar-refractivity contribution in [3.8, 4) is 11.1 Å². The summed E-state index contributed by atoms with van der Waals surface area (Å²) in [4.78, 5) is 43.1. The van der Waals surface area contributed by atoms with Crippen molar-refractivity contribution in [3.63, 3.8) is 0 Å². The number of piperidine rings is 1. The van der Waals surface area contributed by atoms with Gasteiger partial charge in [-0.2, -0.15) is 13.2 Å². The molecule has 1 spiro atoms. The van der Waals surface area contributed by atoms with E-state index in [0.29, 0.717) is 24.0 Å². The highest BCUT2D eigenvalue weighted by Crippen LogP contribution is 2.52. The fourth-order valence-electron chi connectivity index (χ4n) is 7.29. The molecule has 1 saturated heterocycles. The molecule has 0 radical (unpaired) electrons. The number of hydrogen-bond donors (Lipinski definition) is 1. The van der Waals surface area contributed by atoms with Crippen LogP contribution in [0.15, 0.2) is 47.4 Å². The molecule has 1 aliphatic heterocycles. The summed E-state index contributed by atoms with van der Waals surface area (Å²) in [7, 11) is 3.28. The third-order valence-corrected chi connectivity index (χ3v) is 9.67. The second-order valence-electron chi connectivity index (χ2n) is 12.4. The van der Waals surface area contributed by atoms with Crippen molar-refractivity contribution in [3.05, 3.63) is 58.5 Å². The first-order chi connectivity index (χ1) is 19.3. The number of rotatable bonds is 5. The number of benzene rings is 1. The van der Waals surface area contributed by atoms with Crippen LogP contribution < -0.4 is 5.56 Å². The zero-order valence-corrected chi connectivity index (χ0v) is 23.6. The van der Waals surface area contributed by atoms with Crippen LogP contribution in [0.5, 0.6) is 0 Å². The summed E-state index contributed by atoms with van der Waals surface area (Å²) >= 11 is 0. The van der Waals surface area contributed by atoms with E-state index in [1.54, 1.807) is 19.0 Å². The highest BCUT2D eigenvalue weighted by Gasteiger charge is 2.56. The summed E-state index contributed by atoms with van der Waals surface area (Å²) < 4.78 is 41.2. The molecule has 2 aliphatic carbocycles. The Morgan fingerprint density at radius 1 is 1.07 bits per heavy atom. The number of amides is 2. The molecule has 3 aliphatic rings. The quantitative estimate of drug-likeness (QED) is 0.561. The molecule has 2 saturated carbocycles. The zero-order valence-electron chi connectivity index (χ0n) is 23.6. The molecule has 3 atom stereocenters. The number of alkyl halides is 3. The maximum atomic E-state index is 13.4. The Labute approximate surface area is 237 Å². The van der Waals surface area contributed by atoms with Gasteiger partial charge in [-0.25, -0.2) is 0 Å². The number of halogens is 3. The number of nitrogens with zero attached hydrogens (tertiary/aromatic N) is 3.